The summed E-state index contributed by atoms with van der Waals surface area (Å²) in [6.45, 7) is 10.0. The van der Waals surface area contributed by atoms with Crippen LogP contribution in [0.3, 0.4) is 0 Å². The smallest absolute Gasteiger partial charge is 0.133 e. The van der Waals surface area contributed by atoms with E-state index in [-0.39, 0.29) is 5.41 Å². The monoisotopic (exact) mass is 266 g/mol. The van der Waals surface area contributed by atoms with Crippen molar-refractivity contribution in [2.75, 3.05) is 13.1 Å². The van der Waals surface area contributed by atoms with E-state index in [4.69, 9.17) is 11.6 Å². The molecule has 1 aliphatic heterocycles. The van der Waals surface area contributed by atoms with Gasteiger partial charge in [-0.1, -0.05) is 38.8 Å². The van der Waals surface area contributed by atoms with Gasteiger partial charge in [0.2, 0.25) is 0 Å². The van der Waals surface area contributed by atoms with Gasteiger partial charge in [0.1, 0.15) is 5.15 Å². The molecule has 3 heteroatoms. The Kier molecular flexibility index (Phi) is 4.29. The van der Waals surface area contributed by atoms with Crippen LogP contribution in [-0.2, 0) is 12.0 Å². The Hall–Kier alpha value is -0.600. The molecule has 18 heavy (non-hydrogen) atoms. The third-order valence-electron chi connectivity index (χ3n) is 3.58. The number of halogens is 1. The highest BCUT2D eigenvalue weighted by molar-refractivity contribution is 6.30. The molecule has 1 aromatic heterocycles. The van der Waals surface area contributed by atoms with Gasteiger partial charge in [0.05, 0.1) is 0 Å². The zero-order chi connectivity index (χ0) is 13.2. The van der Waals surface area contributed by atoms with Crippen molar-refractivity contribution in [3.05, 3.63) is 28.5 Å². The molecule has 0 radical (unpaired) electrons. The normalized spacial score (nSPS) is 18.0. The summed E-state index contributed by atoms with van der Waals surface area (Å²) in [5, 5.41) is 0.664. The topological polar surface area (TPSA) is 16.1 Å². The van der Waals surface area contributed by atoms with Crippen molar-refractivity contribution >= 4 is 11.6 Å². The van der Waals surface area contributed by atoms with E-state index in [2.05, 4.69) is 36.7 Å². The summed E-state index contributed by atoms with van der Waals surface area (Å²) in [5.74, 6) is 0. The lowest BCUT2D eigenvalue weighted by Gasteiger charge is -2.30. The van der Waals surface area contributed by atoms with Crippen LogP contribution in [0, 0.1) is 0 Å². The quantitative estimate of drug-likeness (QED) is 0.752. The summed E-state index contributed by atoms with van der Waals surface area (Å²) in [6.07, 6.45) is 5.85. The molecule has 0 unspecified atom stereocenters. The second-order valence-electron chi connectivity index (χ2n) is 6.22. The molecule has 0 saturated carbocycles. The maximum atomic E-state index is 6.30. The molecule has 2 heterocycles. The van der Waals surface area contributed by atoms with E-state index < -0.39 is 0 Å². The second kappa shape index (κ2) is 5.58. The van der Waals surface area contributed by atoms with E-state index >= 15 is 0 Å². The fourth-order valence-corrected chi connectivity index (χ4v) is 3.22. The maximum absolute atomic E-state index is 6.30. The molecule has 2 nitrogen and oxygen atoms in total. The van der Waals surface area contributed by atoms with Crippen LogP contribution >= 0.6 is 11.6 Å². The van der Waals surface area contributed by atoms with Gasteiger partial charge in [-0.3, -0.25) is 4.90 Å². The van der Waals surface area contributed by atoms with Crippen LogP contribution < -0.4 is 0 Å². The fourth-order valence-electron chi connectivity index (χ4n) is 2.75. The zero-order valence-corrected chi connectivity index (χ0v) is 12.4. The summed E-state index contributed by atoms with van der Waals surface area (Å²) < 4.78 is 0. The van der Waals surface area contributed by atoms with Crippen molar-refractivity contribution in [3.8, 4) is 0 Å². The predicted molar refractivity (Wildman–Crippen MR) is 77.1 cm³/mol. The van der Waals surface area contributed by atoms with Crippen LogP contribution in [0.25, 0.3) is 0 Å². The van der Waals surface area contributed by atoms with E-state index in [0.29, 0.717) is 5.15 Å². The molecule has 1 fully saturated rings. The van der Waals surface area contributed by atoms with Crippen molar-refractivity contribution in [3.63, 3.8) is 0 Å². The first-order valence-electron chi connectivity index (χ1n) is 6.85. The van der Waals surface area contributed by atoms with E-state index in [0.717, 1.165) is 6.54 Å². The van der Waals surface area contributed by atoms with Gasteiger partial charge in [0.15, 0.2) is 0 Å². The summed E-state index contributed by atoms with van der Waals surface area (Å²) in [7, 11) is 0. The van der Waals surface area contributed by atoms with Gasteiger partial charge in [-0.15, -0.1) is 0 Å². The SMILES string of the molecule is CC(C)(C)c1c(CN2CCCCC2)ccnc1Cl. The fraction of sp³-hybridized carbons (Fsp3) is 0.667. The van der Waals surface area contributed by atoms with Crippen LogP contribution in [0.2, 0.25) is 5.15 Å². The Morgan fingerprint density at radius 2 is 1.89 bits per heavy atom. The average Bonchev–Trinajstić information content (AvgIpc) is 2.28. The molecule has 2 rings (SSSR count). The molecule has 1 saturated heterocycles. The highest BCUT2D eigenvalue weighted by Gasteiger charge is 2.23. The predicted octanol–water partition coefficient (Wildman–Crippen LogP) is 4.02. The molecule has 0 atom stereocenters. The van der Waals surface area contributed by atoms with Gasteiger partial charge in [0.25, 0.3) is 0 Å². The Balaban J connectivity index is 2.24. The molecule has 1 aliphatic rings. The first-order valence-corrected chi connectivity index (χ1v) is 7.22. The summed E-state index contributed by atoms with van der Waals surface area (Å²) >= 11 is 6.30. The number of pyridine rings is 1. The molecule has 0 aromatic carbocycles. The molecule has 0 bridgehead atoms. The molecule has 0 spiro atoms. The minimum atomic E-state index is 0.0520. The van der Waals surface area contributed by atoms with Crippen LogP contribution in [0.15, 0.2) is 12.3 Å². The highest BCUT2D eigenvalue weighted by Crippen LogP contribution is 2.32. The molecule has 0 amide bonds. The summed E-state index contributed by atoms with van der Waals surface area (Å²) in [4.78, 5) is 6.78. The number of hydrogen-bond donors (Lipinski definition) is 0. The lowest BCUT2D eigenvalue weighted by atomic mass is 9.84. The lowest BCUT2D eigenvalue weighted by Crippen LogP contribution is -2.30. The van der Waals surface area contributed by atoms with Gasteiger partial charge in [0, 0.05) is 12.7 Å². The van der Waals surface area contributed by atoms with Crippen LogP contribution in [0.1, 0.15) is 51.2 Å². The molecule has 1 aromatic rings. The lowest BCUT2D eigenvalue weighted by molar-refractivity contribution is 0.219. The first-order chi connectivity index (χ1) is 8.48. The standard InChI is InChI=1S/C15H23ClN2/c1-15(2,3)13-12(7-8-17-14(13)16)11-18-9-5-4-6-10-18/h7-8H,4-6,9-11H2,1-3H3. The maximum Gasteiger partial charge on any atom is 0.133 e. The third-order valence-corrected chi connectivity index (χ3v) is 3.87. The number of hydrogen-bond acceptors (Lipinski definition) is 2. The van der Waals surface area contributed by atoms with Crippen molar-refractivity contribution in [2.24, 2.45) is 0 Å². The number of likely N-dealkylation sites (tertiary alicyclic amines) is 1. The Bertz CT molecular complexity index is 403. The first kappa shape index (κ1) is 13.8. The minimum absolute atomic E-state index is 0.0520. The van der Waals surface area contributed by atoms with Gasteiger partial charge in [-0.05, 0) is 48.5 Å². The average molecular weight is 267 g/mol. The number of piperidine rings is 1. The second-order valence-corrected chi connectivity index (χ2v) is 6.58. The van der Waals surface area contributed by atoms with Gasteiger partial charge in [-0.25, -0.2) is 4.98 Å². The third kappa shape index (κ3) is 3.24. The van der Waals surface area contributed by atoms with E-state index in [1.807, 2.05) is 6.20 Å². The van der Waals surface area contributed by atoms with Gasteiger partial charge < -0.3 is 0 Å². The van der Waals surface area contributed by atoms with Gasteiger partial charge in [-0.2, -0.15) is 0 Å². The Morgan fingerprint density at radius 1 is 1.22 bits per heavy atom. The number of aromatic nitrogens is 1. The zero-order valence-electron chi connectivity index (χ0n) is 11.7. The van der Waals surface area contributed by atoms with E-state index in [9.17, 15) is 0 Å². The van der Waals surface area contributed by atoms with Crippen LogP contribution in [0.5, 0.6) is 0 Å². The molecule has 0 aliphatic carbocycles. The van der Waals surface area contributed by atoms with E-state index in [1.165, 1.54) is 43.5 Å². The molecule has 100 valence electrons. The Labute approximate surface area is 115 Å². The largest absolute Gasteiger partial charge is 0.299 e. The van der Waals surface area contributed by atoms with E-state index in [1.54, 1.807) is 0 Å². The van der Waals surface area contributed by atoms with Crippen molar-refractivity contribution in [1.29, 1.82) is 0 Å². The molecule has 0 N–H and O–H groups in total. The number of rotatable bonds is 2. The highest BCUT2D eigenvalue weighted by atomic mass is 35.5. The van der Waals surface area contributed by atoms with Crippen molar-refractivity contribution < 1.29 is 0 Å². The molecular weight excluding hydrogens is 244 g/mol. The van der Waals surface area contributed by atoms with Crippen LogP contribution in [0.4, 0.5) is 0 Å². The van der Waals surface area contributed by atoms with Crippen molar-refractivity contribution in [2.45, 2.75) is 52.0 Å². The minimum Gasteiger partial charge on any atom is -0.299 e. The number of nitrogens with zero attached hydrogens (tertiary/aromatic N) is 2. The van der Waals surface area contributed by atoms with Gasteiger partial charge >= 0.3 is 0 Å². The van der Waals surface area contributed by atoms with Crippen LogP contribution in [-0.4, -0.2) is 23.0 Å². The summed E-state index contributed by atoms with van der Waals surface area (Å²) in [5.41, 5.74) is 2.60. The molecular formula is C15H23ClN2. The summed E-state index contributed by atoms with van der Waals surface area (Å²) in [6, 6.07) is 2.13. The van der Waals surface area contributed by atoms with Crippen molar-refractivity contribution in [1.82, 2.24) is 9.88 Å². The Morgan fingerprint density at radius 3 is 2.50 bits per heavy atom.